The van der Waals surface area contributed by atoms with E-state index in [-0.39, 0.29) is 25.5 Å². The Kier molecular flexibility index (Phi) is 8.74. The Balaban J connectivity index is 1.86. The number of benzene rings is 1. The topological polar surface area (TPSA) is 52.9 Å². The van der Waals surface area contributed by atoms with Crippen molar-refractivity contribution in [3.05, 3.63) is 36.0 Å². The van der Waals surface area contributed by atoms with Gasteiger partial charge in [-0.25, -0.2) is 0 Å². The van der Waals surface area contributed by atoms with Crippen LogP contribution in [0.2, 0.25) is 0 Å². The zero-order valence-corrected chi connectivity index (χ0v) is 20.4. The number of hydrogen-bond acceptors (Lipinski definition) is 4. The molecule has 3 rings (SSSR count). The van der Waals surface area contributed by atoms with Crippen LogP contribution in [0.25, 0.3) is 10.9 Å². The number of nitrogens with zero attached hydrogens (tertiary/aromatic N) is 2. The molecule has 0 aliphatic carbocycles. The van der Waals surface area contributed by atoms with E-state index in [1.54, 1.807) is 19.1 Å². The number of β-lactam (4-membered cyclic amide) rings is 1. The number of fused-ring (bicyclic) bond motifs is 1. The lowest BCUT2D eigenvalue weighted by Crippen LogP contribution is -2.76. The molecular formula is C26H40N2O4. The molecule has 1 aromatic carbocycles. The predicted octanol–water partition coefficient (Wildman–Crippen LogP) is 4.98. The maximum atomic E-state index is 13.3. The lowest BCUT2D eigenvalue weighted by atomic mass is 9.74. The Morgan fingerprint density at radius 3 is 2.59 bits per heavy atom. The second-order valence-corrected chi connectivity index (χ2v) is 9.42. The van der Waals surface area contributed by atoms with E-state index >= 15 is 0 Å². The van der Waals surface area contributed by atoms with Gasteiger partial charge in [-0.05, 0) is 41.8 Å². The fourth-order valence-electron chi connectivity index (χ4n) is 4.88. The van der Waals surface area contributed by atoms with Gasteiger partial charge in [0.15, 0.2) is 5.60 Å². The number of amides is 1. The van der Waals surface area contributed by atoms with Crippen LogP contribution in [-0.2, 0) is 32.0 Å². The average molecular weight is 445 g/mol. The van der Waals surface area contributed by atoms with E-state index in [0.29, 0.717) is 12.3 Å². The van der Waals surface area contributed by atoms with Crippen molar-refractivity contribution in [2.24, 2.45) is 5.92 Å². The normalized spacial score (nSPS) is 21.0. The van der Waals surface area contributed by atoms with Crippen LogP contribution < -0.4 is 0 Å². The number of aryl methyl sites for hydroxylation is 1. The van der Waals surface area contributed by atoms with Gasteiger partial charge in [-0.1, -0.05) is 52.2 Å². The van der Waals surface area contributed by atoms with Crippen molar-refractivity contribution < 1.29 is 19.0 Å². The molecule has 1 amide bonds. The van der Waals surface area contributed by atoms with Crippen LogP contribution in [0.15, 0.2) is 30.5 Å². The van der Waals surface area contributed by atoms with Gasteiger partial charge >= 0.3 is 0 Å². The molecule has 2 atom stereocenters. The van der Waals surface area contributed by atoms with Crippen LogP contribution in [0.5, 0.6) is 0 Å². The summed E-state index contributed by atoms with van der Waals surface area (Å²) >= 11 is 0. The highest BCUT2D eigenvalue weighted by Gasteiger charge is 2.61. The van der Waals surface area contributed by atoms with Gasteiger partial charge < -0.3 is 23.7 Å². The molecule has 0 saturated carbocycles. The molecular weight excluding hydrogens is 404 g/mol. The first-order chi connectivity index (χ1) is 15.5. The van der Waals surface area contributed by atoms with Crippen molar-refractivity contribution in [3.63, 3.8) is 0 Å². The van der Waals surface area contributed by atoms with Crippen molar-refractivity contribution >= 4 is 16.8 Å². The van der Waals surface area contributed by atoms with Crippen LogP contribution >= 0.6 is 0 Å². The molecule has 1 fully saturated rings. The van der Waals surface area contributed by atoms with Gasteiger partial charge in [0.2, 0.25) is 0 Å². The molecule has 6 nitrogen and oxygen atoms in total. The van der Waals surface area contributed by atoms with Crippen LogP contribution in [-0.4, -0.2) is 54.8 Å². The fourth-order valence-corrected chi connectivity index (χ4v) is 4.88. The number of hydrogen-bond donors (Lipinski definition) is 0. The van der Waals surface area contributed by atoms with E-state index < -0.39 is 5.60 Å². The third-order valence-corrected chi connectivity index (χ3v) is 6.49. The van der Waals surface area contributed by atoms with Crippen molar-refractivity contribution in [3.8, 4) is 0 Å². The van der Waals surface area contributed by atoms with E-state index in [1.165, 1.54) is 36.6 Å². The second-order valence-electron chi connectivity index (χ2n) is 9.42. The number of unbranched alkanes of at least 4 members (excludes halogenated alkanes) is 3. The van der Waals surface area contributed by atoms with E-state index in [4.69, 9.17) is 14.2 Å². The maximum Gasteiger partial charge on any atom is 0.259 e. The first-order valence-electron chi connectivity index (χ1n) is 12.0. The second kappa shape index (κ2) is 11.3. The third-order valence-electron chi connectivity index (χ3n) is 6.49. The minimum absolute atomic E-state index is 0.0166. The first-order valence-corrected chi connectivity index (χ1v) is 12.0. The van der Waals surface area contributed by atoms with Crippen molar-refractivity contribution in [2.45, 2.75) is 77.5 Å². The van der Waals surface area contributed by atoms with Crippen LogP contribution in [0.1, 0.15) is 58.4 Å². The van der Waals surface area contributed by atoms with E-state index in [0.717, 1.165) is 18.5 Å². The molecule has 0 N–H and O–H groups in total. The highest BCUT2D eigenvalue weighted by Crippen LogP contribution is 2.41. The molecule has 1 saturated heterocycles. The number of carbonyl (C=O) groups excluding carboxylic acids is 1. The molecule has 1 aromatic heterocycles. The molecule has 0 spiro atoms. The van der Waals surface area contributed by atoms with Crippen LogP contribution in [0, 0.1) is 5.92 Å². The Morgan fingerprint density at radius 1 is 1.09 bits per heavy atom. The highest BCUT2D eigenvalue weighted by atomic mass is 16.7. The Morgan fingerprint density at radius 2 is 1.91 bits per heavy atom. The summed E-state index contributed by atoms with van der Waals surface area (Å²) in [4.78, 5) is 15.1. The summed E-state index contributed by atoms with van der Waals surface area (Å²) in [5.41, 5.74) is 1.42. The summed E-state index contributed by atoms with van der Waals surface area (Å²) in [6, 6.07) is 8.64. The molecule has 0 bridgehead atoms. The summed E-state index contributed by atoms with van der Waals surface area (Å²) in [6.07, 6.45) is 8.52. The number of likely N-dealkylation sites (tertiary alicyclic amines) is 1. The fraction of sp³-hybridized carbons (Fsp3) is 0.654. The predicted molar refractivity (Wildman–Crippen MR) is 127 cm³/mol. The lowest BCUT2D eigenvalue weighted by Gasteiger charge is -2.55. The molecule has 6 heteroatoms. The first kappa shape index (κ1) is 24.7. The van der Waals surface area contributed by atoms with Gasteiger partial charge in [-0.2, -0.15) is 0 Å². The number of aromatic nitrogens is 1. The van der Waals surface area contributed by atoms with Gasteiger partial charge in [-0.3, -0.25) is 4.79 Å². The Hall–Kier alpha value is -1.89. The summed E-state index contributed by atoms with van der Waals surface area (Å²) in [5.74, 6) is 0.415. The molecule has 1 aliphatic rings. The average Bonchev–Trinajstić information content (AvgIpc) is 3.18. The smallest absolute Gasteiger partial charge is 0.259 e. The van der Waals surface area contributed by atoms with Gasteiger partial charge in [0.1, 0.15) is 13.5 Å². The Bertz CT molecular complexity index is 878. The third kappa shape index (κ3) is 5.19. The lowest BCUT2D eigenvalue weighted by molar-refractivity contribution is -0.235. The van der Waals surface area contributed by atoms with Crippen LogP contribution in [0.4, 0.5) is 0 Å². The molecule has 178 valence electrons. The standard InChI is InChI=1S/C26H40N2O4/c1-6-7-8-9-13-27-14-12-22-11-10-21(16-23(22)27)17-26(32-19-31-5)24(15-20(2)3)28(18-30-4)25(26)29/h10-12,14,16,20,24H,6-9,13,15,17-19H2,1-5H3/t24-,26+/m0/s1. The summed E-state index contributed by atoms with van der Waals surface area (Å²) in [7, 11) is 3.22. The van der Waals surface area contributed by atoms with E-state index in [9.17, 15) is 4.79 Å². The Labute approximate surface area is 192 Å². The largest absolute Gasteiger partial charge is 0.364 e. The molecule has 2 aromatic rings. The number of carbonyl (C=O) groups is 1. The molecule has 32 heavy (non-hydrogen) atoms. The van der Waals surface area contributed by atoms with E-state index in [2.05, 4.69) is 55.8 Å². The molecule has 0 unspecified atom stereocenters. The molecule has 0 radical (unpaired) electrons. The monoisotopic (exact) mass is 444 g/mol. The van der Waals surface area contributed by atoms with Gasteiger partial charge in [0.25, 0.3) is 5.91 Å². The molecule has 1 aliphatic heterocycles. The number of rotatable bonds is 14. The number of ether oxygens (including phenoxy) is 3. The van der Waals surface area contributed by atoms with Gasteiger partial charge in [0, 0.05) is 38.9 Å². The minimum atomic E-state index is -0.912. The minimum Gasteiger partial charge on any atom is -0.364 e. The summed E-state index contributed by atoms with van der Waals surface area (Å²) in [5, 5.41) is 1.23. The summed E-state index contributed by atoms with van der Waals surface area (Å²) in [6.45, 7) is 7.99. The SMILES string of the molecule is CCCCCCn1ccc2ccc(C[C@]3(OCOC)C(=O)N(COC)[C@H]3CC(C)C)cc21. The number of methoxy groups -OCH3 is 2. The van der Waals surface area contributed by atoms with E-state index in [1.807, 2.05) is 0 Å². The van der Waals surface area contributed by atoms with Crippen LogP contribution in [0.3, 0.4) is 0 Å². The van der Waals surface area contributed by atoms with Gasteiger partial charge in [0.05, 0.1) is 6.04 Å². The zero-order valence-electron chi connectivity index (χ0n) is 20.4. The highest BCUT2D eigenvalue weighted by molar-refractivity contribution is 5.93. The van der Waals surface area contributed by atoms with Crippen molar-refractivity contribution in [2.75, 3.05) is 27.7 Å². The maximum absolute atomic E-state index is 13.3. The van der Waals surface area contributed by atoms with Crippen molar-refractivity contribution in [1.29, 1.82) is 0 Å². The zero-order chi connectivity index (χ0) is 23.1. The van der Waals surface area contributed by atoms with Gasteiger partial charge in [-0.15, -0.1) is 0 Å². The summed E-state index contributed by atoms with van der Waals surface area (Å²) < 4.78 is 19.0. The quantitative estimate of drug-likeness (QED) is 0.234. The van der Waals surface area contributed by atoms with Crippen molar-refractivity contribution in [1.82, 2.24) is 9.47 Å². The molecule has 2 heterocycles.